The molecule has 4 rings (SSSR count). The molecule has 0 N–H and O–H groups in total. The van der Waals surface area contributed by atoms with Gasteiger partial charge in [0.25, 0.3) is 5.91 Å². The molecule has 3 aromatic rings. The highest BCUT2D eigenvalue weighted by atomic mass is 19.1. The Morgan fingerprint density at radius 1 is 1.00 bits per heavy atom. The van der Waals surface area contributed by atoms with Gasteiger partial charge in [-0.2, -0.15) is 0 Å². The Hall–Kier alpha value is -3.32. The molecule has 0 radical (unpaired) electrons. The van der Waals surface area contributed by atoms with Crippen molar-refractivity contribution in [2.45, 2.75) is 13.2 Å². The quantitative estimate of drug-likeness (QED) is 0.575. The van der Waals surface area contributed by atoms with Gasteiger partial charge in [0, 0.05) is 44.4 Å². The molecule has 31 heavy (non-hydrogen) atoms. The molecule has 0 saturated carbocycles. The van der Waals surface area contributed by atoms with Gasteiger partial charge in [0.2, 0.25) is 0 Å². The Morgan fingerprint density at radius 3 is 2.55 bits per heavy atom. The van der Waals surface area contributed by atoms with Crippen molar-refractivity contribution in [3.8, 4) is 11.5 Å². The van der Waals surface area contributed by atoms with Crippen LogP contribution < -0.4 is 9.47 Å². The maximum Gasteiger partial charge on any atom is 0.289 e. The van der Waals surface area contributed by atoms with Crippen LogP contribution in [0.3, 0.4) is 0 Å². The van der Waals surface area contributed by atoms with Crippen LogP contribution in [0.1, 0.15) is 21.9 Å². The first kappa shape index (κ1) is 20.9. The van der Waals surface area contributed by atoms with Crippen LogP contribution >= 0.6 is 0 Å². The Bertz CT molecular complexity index is 1030. The summed E-state index contributed by atoms with van der Waals surface area (Å²) < 4.78 is 30.5. The summed E-state index contributed by atoms with van der Waals surface area (Å²) in [5, 5.41) is 0. The molecule has 1 aliphatic rings. The molecule has 2 heterocycles. The number of nitrogens with zero attached hydrogens (tertiary/aromatic N) is 2. The zero-order valence-electron chi connectivity index (χ0n) is 17.4. The summed E-state index contributed by atoms with van der Waals surface area (Å²) >= 11 is 0. The van der Waals surface area contributed by atoms with Crippen LogP contribution in [0, 0.1) is 5.82 Å². The highest BCUT2D eigenvalue weighted by Gasteiger charge is 2.24. The summed E-state index contributed by atoms with van der Waals surface area (Å²) in [6.07, 6.45) is 0. The van der Waals surface area contributed by atoms with Gasteiger partial charge in [0.1, 0.15) is 29.7 Å². The summed E-state index contributed by atoms with van der Waals surface area (Å²) in [5.41, 5.74) is 0.675. The number of amides is 1. The lowest BCUT2D eigenvalue weighted by atomic mass is 10.2. The smallest absolute Gasteiger partial charge is 0.289 e. The highest BCUT2D eigenvalue weighted by Crippen LogP contribution is 2.21. The van der Waals surface area contributed by atoms with E-state index in [4.69, 9.17) is 13.9 Å². The largest absolute Gasteiger partial charge is 0.497 e. The topological polar surface area (TPSA) is 55.2 Å². The second-order valence-electron chi connectivity index (χ2n) is 7.39. The fraction of sp³-hybridized carbons (Fsp3) is 0.292. The maximum absolute atomic E-state index is 13.9. The highest BCUT2D eigenvalue weighted by molar-refractivity contribution is 5.91. The first-order chi connectivity index (χ1) is 15.1. The molecule has 1 aromatic heterocycles. The predicted molar refractivity (Wildman–Crippen MR) is 114 cm³/mol. The molecule has 0 aliphatic carbocycles. The van der Waals surface area contributed by atoms with Gasteiger partial charge in [-0.1, -0.05) is 24.3 Å². The van der Waals surface area contributed by atoms with E-state index in [1.54, 1.807) is 42.3 Å². The molecule has 6 nitrogen and oxygen atoms in total. The number of hydrogen-bond acceptors (Lipinski definition) is 5. The van der Waals surface area contributed by atoms with Crippen LogP contribution in [0.5, 0.6) is 11.5 Å². The van der Waals surface area contributed by atoms with Crippen LogP contribution in [0.25, 0.3) is 0 Å². The first-order valence-electron chi connectivity index (χ1n) is 10.2. The van der Waals surface area contributed by atoms with Gasteiger partial charge in [0.15, 0.2) is 5.76 Å². The average Bonchev–Trinajstić information content (AvgIpc) is 3.28. The lowest BCUT2D eigenvalue weighted by molar-refractivity contribution is 0.0593. The molecule has 1 aliphatic heterocycles. The van der Waals surface area contributed by atoms with E-state index in [-0.39, 0.29) is 18.3 Å². The molecule has 0 bridgehead atoms. The summed E-state index contributed by atoms with van der Waals surface area (Å²) in [6, 6.07) is 17.5. The van der Waals surface area contributed by atoms with Crippen LogP contribution in [0.15, 0.2) is 65.1 Å². The first-order valence-corrected chi connectivity index (χ1v) is 10.2. The van der Waals surface area contributed by atoms with Crippen molar-refractivity contribution in [3.63, 3.8) is 0 Å². The van der Waals surface area contributed by atoms with Gasteiger partial charge in [-0.05, 0) is 30.3 Å². The van der Waals surface area contributed by atoms with Crippen LogP contribution in [-0.2, 0) is 13.2 Å². The normalized spacial score (nSPS) is 14.5. The average molecular weight is 424 g/mol. The zero-order valence-corrected chi connectivity index (χ0v) is 17.4. The molecule has 1 saturated heterocycles. The Balaban J connectivity index is 1.28. The summed E-state index contributed by atoms with van der Waals surface area (Å²) in [6.45, 7) is 3.28. The van der Waals surface area contributed by atoms with Gasteiger partial charge in [-0.25, -0.2) is 4.39 Å². The molecular weight excluding hydrogens is 399 g/mol. The standard InChI is InChI=1S/C24H25FN2O4/c1-29-19-6-4-7-20(15-19)30-17-21-9-10-23(31-21)24(28)27-13-11-26(12-14-27)16-18-5-2-3-8-22(18)25/h2-10,15H,11-14,16-17H2,1H3. The van der Waals surface area contributed by atoms with E-state index >= 15 is 0 Å². The number of piperazine rings is 1. The second-order valence-corrected chi connectivity index (χ2v) is 7.39. The molecule has 2 aromatic carbocycles. The Labute approximate surface area is 180 Å². The molecule has 1 amide bonds. The van der Waals surface area contributed by atoms with E-state index in [0.29, 0.717) is 61.3 Å². The van der Waals surface area contributed by atoms with Gasteiger partial charge in [-0.15, -0.1) is 0 Å². The van der Waals surface area contributed by atoms with Crippen molar-refractivity contribution in [1.82, 2.24) is 9.80 Å². The van der Waals surface area contributed by atoms with E-state index in [0.717, 1.165) is 0 Å². The summed E-state index contributed by atoms with van der Waals surface area (Å²) in [7, 11) is 1.60. The van der Waals surface area contributed by atoms with Crippen molar-refractivity contribution >= 4 is 5.91 Å². The molecule has 0 unspecified atom stereocenters. The zero-order chi connectivity index (χ0) is 21.6. The third-order valence-electron chi connectivity index (χ3n) is 5.31. The lowest BCUT2D eigenvalue weighted by Gasteiger charge is -2.34. The number of rotatable bonds is 7. The number of carbonyl (C=O) groups is 1. The van der Waals surface area contributed by atoms with E-state index in [1.165, 1.54) is 6.07 Å². The van der Waals surface area contributed by atoms with Gasteiger partial charge < -0.3 is 18.8 Å². The fourth-order valence-electron chi connectivity index (χ4n) is 3.55. The van der Waals surface area contributed by atoms with E-state index in [1.807, 2.05) is 24.3 Å². The van der Waals surface area contributed by atoms with Crippen molar-refractivity contribution in [1.29, 1.82) is 0 Å². The van der Waals surface area contributed by atoms with Gasteiger partial charge in [0.05, 0.1) is 7.11 Å². The fourth-order valence-corrected chi connectivity index (χ4v) is 3.55. The molecule has 0 atom stereocenters. The van der Waals surface area contributed by atoms with Crippen LogP contribution in [0.2, 0.25) is 0 Å². The Kier molecular flexibility index (Phi) is 6.52. The van der Waals surface area contributed by atoms with Crippen molar-refractivity contribution in [2.75, 3.05) is 33.3 Å². The number of methoxy groups -OCH3 is 1. The summed E-state index contributed by atoms with van der Waals surface area (Å²) in [5.74, 6) is 1.91. The number of benzene rings is 2. The maximum atomic E-state index is 13.9. The van der Waals surface area contributed by atoms with Crippen LogP contribution in [-0.4, -0.2) is 49.0 Å². The van der Waals surface area contributed by atoms with E-state index in [2.05, 4.69) is 4.90 Å². The van der Waals surface area contributed by atoms with Crippen molar-refractivity contribution in [3.05, 3.63) is 83.6 Å². The third-order valence-corrected chi connectivity index (χ3v) is 5.31. The summed E-state index contributed by atoms with van der Waals surface area (Å²) in [4.78, 5) is 16.7. The second kappa shape index (κ2) is 9.66. The minimum absolute atomic E-state index is 0.141. The van der Waals surface area contributed by atoms with E-state index < -0.39 is 0 Å². The number of furan rings is 1. The number of hydrogen-bond donors (Lipinski definition) is 0. The van der Waals surface area contributed by atoms with Gasteiger partial charge >= 0.3 is 0 Å². The number of ether oxygens (including phenoxy) is 2. The molecule has 1 fully saturated rings. The van der Waals surface area contributed by atoms with Gasteiger partial charge in [-0.3, -0.25) is 9.69 Å². The Morgan fingerprint density at radius 2 is 1.77 bits per heavy atom. The SMILES string of the molecule is COc1cccc(OCc2ccc(C(=O)N3CCN(Cc4ccccc4F)CC3)o2)c1. The van der Waals surface area contributed by atoms with E-state index in [9.17, 15) is 9.18 Å². The van der Waals surface area contributed by atoms with Crippen molar-refractivity contribution < 1.29 is 23.1 Å². The predicted octanol–water partition coefficient (Wildman–Crippen LogP) is 3.96. The third kappa shape index (κ3) is 5.24. The number of halogens is 1. The molecule has 162 valence electrons. The minimum atomic E-state index is -0.194. The van der Waals surface area contributed by atoms with Crippen LogP contribution in [0.4, 0.5) is 4.39 Å². The minimum Gasteiger partial charge on any atom is -0.497 e. The molecule has 7 heteroatoms. The monoisotopic (exact) mass is 424 g/mol. The molecule has 0 spiro atoms. The molecular formula is C24H25FN2O4. The van der Waals surface area contributed by atoms with Crippen molar-refractivity contribution in [2.24, 2.45) is 0 Å². The lowest BCUT2D eigenvalue weighted by Crippen LogP contribution is -2.48. The number of carbonyl (C=O) groups excluding carboxylic acids is 1.